The lowest BCUT2D eigenvalue weighted by Gasteiger charge is -2.23. The van der Waals surface area contributed by atoms with Crippen molar-refractivity contribution in [1.82, 2.24) is 0 Å². The molecule has 112 valence electrons. The molecule has 4 heteroatoms. The summed E-state index contributed by atoms with van der Waals surface area (Å²) in [4.78, 5) is 12.2. The molecule has 0 aromatic heterocycles. The number of rotatable bonds is 8. The van der Waals surface area contributed by atoms with Gasteiger partial charge in [0.1, 0.15) is 11.9 Å². The van der Waals surface area contributed by atoms with Crippen LogP contribution in [0.25, 0.3) is 0 Å². The fraction of sp³-hybridized carbons (Fsp3) is 0.562. The molecule has 0 amide bonds. The fourth-order valence-corrected chi connectivity index (χ4v) is 1.65. The molecule has 0 aliphatic rings. The van der Waals surface area contributed by atoms with Crippen LogP contribution in [0.3, 0.4) is 0 Å². The molecule has 0 bridgehead atoms. The van der Waals surface area contributed by atoms with E-state index in [-0.39, 0.29) is 11.4 Å². The number of benzene rings is 1. The number of ketones is 1. The molecule has 4 nitrogen and oxygen atoms in total. The van der Waals surface area contributed by atoms with Gasteiger partial charge >= 0.3 is 0 Å². The van der Waals surface area contributed by atoms with E-state index in [1.807, 2.05) is 13.8 Å². The minimum atomic E-state index is -0.462. The van der Waals surface area contributed by atoms with Crippen LogP contribution in [0, 0.1) is 0 Å². The van der Waals surface area contributed by atoms with Crippen molar-refractivity contribution in [3.63, 3.8) is 0 Å². The Morgan fingerprint density at radius 3 is 2.30 bits per heavy atom. The Morgan fingerprint density at radius 2 is 1.80 bits per heavy atom. The van der Waals surface area contributed by atoms with Gasteiger partial charge in [-0.05, 0) is 51.5 Å². The van der Waals surface area contributed by atoms with Gasteiger partial charge in [-0.15, -0.1) is 0 Å². The number of carbonyl (C=O) groups is 1. The minimum absolute atomic E-state index is 0.0251. The van der Waals surface area contributed by atoms with E-state index in [0.717, 1.165) is 12.2 Å². The van der Waals surface area contributed by atoms with Gasteiger partial charge in [-0.25, -0.2) is 0 Å². The van der Waals surface area contributed by atoms with E-state index in [4.69, 9.17) is 14.2 Å². The van der Waals surface area contributed by atoms with Crippen molar-refractivity contribution < 1.29 is 19.0 Å². The Bertz CT molecular complexity index is 423. The van der Waals surface area contributed by atoms with E-state index in [9.17, 15) is 4.79 Å². The van der Waals surface area contributed by atoms with Gasteiger partial charge in [0, 0.05) is 12.7 Å². The highest BCUT2D eigenvalue weighted by atomic mass is 16.5. The van der Waals surface area contributed by atoms with E-state index >= 15 is 0 Å². The van der Waals surface area contributed by atoms with E-state index in [0.29, 0.717) is 12.2 Å². The van der Waals surface area contributed by atoms with Crippen LogP contribution < -0.4 is 4.74 Å². The molecule has 0 spiro atoms. The molecule has 0 aliphatic heterocycles. The largest absolute Gasteiger partial charge is 0.497 e. The molecule has 0 saturated carbocycles. The molecular formula is C16H24O4. The number of ether oxygens (including phenoxy) is 3. The lowest BCUT2D eigenvalue weighted by molar-refractivity contribution is -0.0197. The van der Waals surface area contributed by atoms with E-state index in [1.165, 1.54) is 0 Å². The standard InChI is InChI=1S/C16H24O4/c1-12(20-11-10-16(2,3)19-5)15(17)13-6-8-14(18-4)9-7-13/h6-9,12H,10-11H2,1-5H3. The van der Waals surface area contributed by atoms with Crippen LogP contribution in [0.2, 0.25) is 0 Å². The van der Waals surface area contributed by atoms with Gasteiger partial charge in [0.25, 0.3) is 0 Å². The van der Waals surface area contributed by atoms with Crippen molar-refractivity contribution in [3.05, 3.63) is 29.8 Å². The van der Waals surface area contributed by atoms with Crippen molar-refractivity contribution in [1.29, 1.82) is 0 Å². The SMILES string of the molecule is COc1ccc(C(=O)C(C)OCCC(C)(C)OC)cc1. The highest BCUT2D eigenvalue weighted by Gasteiger charge is 2.19. The molecule has 0 fully saturated rings. The lowest BCUT2D eigenvalue weighted by atomic mass is 10.1. The first kappa shape index (κ1) is 16.7. The van der Waals surface area contributed by atoms with Crippen LogP contribution in [-0.4, -0.2) is 38.3 Å². The zero-order valence-corrected chi connectivity index (χ0v) is 12.9. The minimum Gasteiger partial charge on any atom is -0.497 e. The second-order valence-corrected chi connectivity index (χ2v) is 5.32. The summed E-state index contributed by atoms with van der Waals surface area (Å²) in [5, 5.41) is 0. The van der Waals surface area contributed by atoms with Crippen LogP contribution in [0.4, 0.5) is 0 Å². The zero-order chi connectivity index (χ0) is 15.2. The highest BCUT2D eigenvalue weighted by molar-refractivity contribution is 5.99. The molecule has 1 unspecified atom stereocenters. The topological polar surface area (TPSA) is 44.8 Å². The Hall–Kier alpha value is -1.39. The number of carbonyl (C=O) groups excluding carboxylic acids is 1. The molecule has 0 radical (unpaired) electrons. The molecule has 0 heterocycles. The second kappa shape index (κ2) is 7.41. The summed E-state index contributed by atoms with van der Waals surface area (Å²) >= 11 is 0. The average Bonchev–Trinajstić information content (AvgIpc) is 2.46. The van der Waals surface area contributed by atoms with Crippen LogP contribution >= 0.6 is 0 Å². The monoisotopic (exact) mass is 280 g/mol. The summed E-state index contributed by atoms with van der Waals surface area (Å²) in [7, 11) is 3.27. The number of Topliss-reactive ketones (excluding diaryl/α,β-unsaturated/α-hetero) is 1. The van der Waals surface area contributed by atoms with Crippen LogP contribution in [0.1, 0.15) is 37.6 Å². The molecule has 1 aromatic rings. The quantitative estimate of drug-likeness (QED) is 0.686. The normalized spacial score (nSPS) is 13.1. The Morgan fingerprint density at radius 1 is 1.20 bits per heavy atom. The fourth-order valence-electron chi connectivity index (χ4n) is 1.65. The Labute approximate surface area is 121 Å². The molecule has 20 heavy (non-hydrogen) atoms. The zero-order valence-electron chi connectivity index (χ0n) is 12.9. The highest BCUT2D eigenvalue weighted by Crippen LogP contribution is 2.16. The van der Waals surface area contributed by atoms with Crippen molar-refractivity contribution in [2.75, 3.05) is 20.8 Å². The van der Waals surface area contributed by atoms with Crippen LogP contribution in [-0.2, 0) is 9.47 Å². The van der Waals surface area contributed by atoms with Crippen molar-refractivity contribution in [2.24, 2.45) is 0 Å². The van der Waals surface area contributed by atoms with Gasteiger partial charge in [0.15, 0.2) is 5.78 Å². The molecule has 0 saturated heterocycles. The number of hydrogen-bond donors (Lipinski definition) is 0. The predicted molar refractivity (Wildman–Crippen MR) is 78.4 cm³/mol. The average molecular weight is 280 g/mol. The van der Waals surface area contributed by atoms with E-state index in [2.05, 4.69) is 0 Å². The van der Waals surface area contributed by atoms with Crippen LogP contribution in [0.5, 0.6) is 5.75 Å². The van der Waals surface area contributed by atoms with E-state index < -0.39 is 6.10 Å². The molecule has 0 N–H and O–H groups in total. The maximum atomic E-state index is 12.2. The summed E-state index contributed by atoms with van der Waals surface area (Å²) in [5.41, 5.74) is 0.396. The summed E-state index contributed by atoms with van der Waals surface area (Å²) in [6.07, 6.45) is 0.278. The second-order valence-electron chi connectivity index (χ2n) is 5.32. The third-order valence-electron chi connectivity index (χ3n) is 3.37. The van der Waals surface area contributed by atoms with Gasteiger partial charge in [-0.2, -0.15) is 0 Å². The maximum absolute atomic E-state index is 12.2. The van der Waals surface area contributed by atoms with Crippen molar-refractivity contribution >= 4 is 5.78 Å². The summed E-state index contributed by atoms with van der Waals surface area (Å²) in [6, 6.07) is 7.04. The summed E-state index contributed by atoms with van der Waals surface area (Å²) in [5.74, 6) is 0.708. The van der Waals surface area contributed by atoms with E-state index in [1.54, 1.807) is 45.4 Å². The van der Waals surface area contributed by atoms with Crippen LogP contribution in [0.15, 0.2) is 24.3 Å². The summed E-state index contributed by atoms with van der Waals surface area (Å²) < 4.78 is 16.0. The molecular weight excluding hydrogens is 256 g/mol. The number of methoxy groups -OCH3 is 2. The Balaban J connectivity index is 2.50. The van der Waals surface area contributed by atoms with Gasteiger partial charge in [-0.3, -0.25) is 4.79 Å². The smallest absolute Gasteiger partial charge is 0.191 e. The first-order valence-electron chi connectivity index (χ1n) is 6.74. The molecule has 0 aliphatic carbocycles. The van der Waals surface area contributed by atoms with Gasteiger partial charge < -0.3 is 14.2 Å². The maximum Gasteiger partial charge on any atom is 0.191 e. The van der Waals surface area contributed by atoms with Gasteiger partial charge in [0.05, 0.1) is 19.3 Å². The van der Waals surface area contributed by atoms with Gasteiger partial charge in [-0.1, -0.05) is 0 Å². The number of hydrogen-bond acceptors (Lipinski definition) is 4. The predicted octanol–water partition coefficient (Wildman–Crippen LogP) is 3.10. The molecule has 1 atom stereocenters. The first-order valence-corrected chi connectivity index (χ1v) is 6.74. The third kappa shape index (κ3) is 4.94. The van der Waals surface area contributed by atoms with Crippen molar-refractivity contribution in [3.8, 4) is 5.75 Å². The Kier molecular flexibility index (Phi) is 6.17. The summed E-state index contributed by atoms with van der Waals surface area (Å²) in [6.45, 7) is 6.24. The first-order chi connectivity index (χ1) is 9.39. The molecule has 1 rings (SSSR count). The lowest BCUT2D eigenvalue weighted by Crippen LogP contribution is -2.28. The van der Waals surface area contributed by atoms with Crippen molar-refractivity contribution in [2.45, 2.75) is 38.9 Å². The van der Waals surface area contributed by atoms with Gasteiger partial charge in [0.2, 0.25) is 0 Å². The third-order valence-corrected chi connectivity index (χ3v) is 3.37. The molecule has 1 aromatic carbocycles.